The van der Waals surface area contributed by atoms with Crippen LogP contribution in [0, 0.1) is 0 Å². The Balaban J connectivity index is 1.64. The van der Waals surface area contributed by atoms with E-state index in [1.54, 1.807) is 36.4 Å². The Labute approximate surface area is 180 Å². The highest BCUT2D eigenvalue weighted by atomic mass is 32.2. The van der Waals surface area contributed by atoms with Crippen LogP contribution in [0.25, 0.3) is 11.5 Å². The summed E-state index contributed by atoms with van der Waals surface area (Å²) in [4.78, 5) is 12.3. The number of aromatic nitrogens is 2. The molecule has 1 N–H and O–H groups in total. The van der Waals surface area contributed by atoms with Gasteiger partial charge in [-0.2, -0.15) is 0 Å². The summed E-state index contributed by atoms with van der Waals surface area (Å²) < 4.78 is 41.2. The van der Waals surface area contributed by atoms with E-state index in [0.29, 0.717) is 30.3 Å². The number of rotatable bonds is 10. The van der Waals surface area contributed by atoms with Gasteiger partial charge in [-0.3, -0.25) is 10.1 Å². The minimum absolute atomic E-state index is 0.121. The second kappa shape index (κ2) is 10.1. The molecule has 0 bridgehead atoms. The highest BCUT2D eigenvalue weighted by Gasteiger charge is 2.18. The van der Waals surface area contributed by atoms with Gasteiger partial charge in [0, 0.05) is 12.0 Å². The van der Waals surface area contributed by atoms with Crippen LogP contribution in [-0.4, -0.2) is 43.5 Å². The smallest absolute Gasteiger partial charge is 0.322 e. The maximum absolute atomic E-state index is 12.3. The zero-order chi connectivity index (χ0) is 22.3. The highest BCUT2D eigenvalue weighted by molar-refractivity contribution is 7.91. The van der Waals surface area contributed by atoms with Gasteiger partial charge in [0.1, 0.15) is 0 Å². The van der Waals surface area contributed by atoms with Crippen molar-refractivity contribution in [2.45, 2.75) is 25.2 Å². The van der Waals surface area contributed by atoms with E-state index in [1.165, 1.54) is 12.1 Å². The van der Waals surface area contributed by atoms with Crippen LogP contribution in [0.15, 0.2) is 57.8 Å². The first kappa shape index (κ1) is 22.3. The van der Waals surface area contributed by atoms with E-state index < -0.39 is 15.7 Å². The number of nitrogens with zero attached hydrogens (tertiary/aromatic N) is 2. The van der Waals surface area contributed by atoms with E-state index in [0.717, 1.165) is 0 Å². The maximum atomic E-state index is 12.3. The molecule has 2 aromatic carbocycles. The van der Waals surface area contributed by atoms with E-state index in [4.69, 9.17) is 13.9 Å². The molecule has 0 saturated heterocycles. The minimum Gasteiger partial charge on any atom is -0.490 e. The lowest BCUT2D eigenvalue weighted by Crippen LogP contribution is -2.17. The Kier molecular flexibility index (Phi) is 7.24. The summed E-state index contributed by atoms with van der Waals surface area (Å²) in [6.45, 7) is 4.69. The molecule has 31 heavy (non-hydrogen) atoms. The van der Waals surface area contributed by atoms with Crippen LogP contribution in [0.4, 0.5) is 6.01 Å². The lowest BCUT2D eigenvalue weighted by atomic mass is 10.2. The largest absolute Gasteiger partial charge is 0.490 e. The summed E-state index contributed by atoms with van der Waals surface area (Å²) in [5.41, 5.74) is 0.589. The van der Waals surface area contributed by atoms with Gasteiger partial charge in [0.15, 0.2) is 21.3 Å². The summed E-state index contributed by atoms with van der Waals surface area (Å²) in [6.07, 6.45) is -0.244. The van der Waals surface area contributed by atoms with Crippen molar-refractivity contribution >= 4 is 21.8 Å². The summed E-state index contributed by atoms with van der Waals surface area (Å²) in [5.74, 6) is 0.436. The zero-order valence-corrected chi connectivity index (χ0v) is 18.0. The number of carbonyl (C=O) groups excluding carboxylic acids is 1. The van der Waals surface area contributed by atoms with Crippen molar-refractivity contribution in [2.75, 3.05) is 24.3 Å². The van der Waals surface area contributed by atoms with Gasteiger partial charge in [-0.1, -0.05) is 23.3 Å². The average molecular weight is 445 g/mol. The summed E-state index contributed by atoms with van der Waals surface area (Å²) in [6, 6.07) is 13.0. The lowest BCUT2D eigenvalue weighted by molar-refractivity contribution is -0.115. The number of anilines is 1. The van der Waals surface area contributed by atoms with Crippen molar-refractivity contribution in [1.82, 2.24) is 10.2 Å². The highest BCUT2D eigenvalue weighted by Crippen LogP contribution is 2.32. The van der Waals surface area contributed by atoms with Crippen LogP contribution in [0.5, 0.6) is 11.5 Å². The third kappa shape index (κ3) is 5.82. The molecule has 0 radical (unpaired) electrons. The van der Waals surface area contributed by atoms with E-state index in [-0.39, 0.29) is 29.0 Å². The Morgan fingerprint density at radius 3 is 2.42 bits per heavy atom. The molecule has 0 spiro atoms. The van der Waals surface area contributed by atoms with Gasteiger partial charge < -0.3 is 13.9 Å². The monoisotopic (exact) mass is 445 g/mol. The third-order valence-electron chi connectivity index (χ3n) is 4.16. The fourth-order valence-electron chi connectivity index (χ4n) is 2.73. The summed E-state index contributed by atoms with van der Waals surface area (Å²) >= 11 is 0. The number of amides is 1. The Morgan fingerprint density at radius 2 is 1.71 bits per heavy atom. The van der Waals surface area contributed by atoms with Crippen molar-refractivity contribution in [2.24, 2.45) is 0 Å². The number of hydrogen-bond acceptors (Lipinski definition) is 8. The van der Waals surface area contributed by atoms with Crippen molar-refractivity contribution in [3.63, 3.8) is 0 Å². The first-order chi connectivity index (χ1) is 14.9. The molecule has 0 atom stereocenters. The van der Waals surface area contributed by atoms with E-state index >= 15 is 0 Å². The van der Waals surface area contributed by atoms with Crippen molar-refractivity contribution < 1.29 is 27.1 Å². The molecule has 0 saturated carbocycles. The Hall–Kier alpha value is -3.40. The molecule has 0 fully saturated rings. The molecule has 1 amide bonds. The molecule has 0 aliphatic carbocycles. The molecule has 9 nitrogen and oxygen atoms in total. The number of benzene rings is 2. The van der Waals surface area contributed by atoms with Crippen LogP contribution in [0.2, 0.25) is 0 Å². The van der Waals surface area contributed by atoms with Gasteiger partial charge in [0.25, 0.3) is 0 Å². The number of carbonyl (C=O) groups is 1. The quantitative estimate of drug-likeness (QED) is 0.504. The van der Waals surface area contributed by atoms with Crippen molar-refractivity contribution in [1.29, 1.82) is 0 Å². The maximum Gasteiger partial charge on any atom is 0.322 e. The average Bonchev–Trinajstić information content (AvgIpc) is 3.23. The standard InChI is InChI=1S/C21H23N3O6S/c1-3-28-17-11-10-15(14-18(17)29-4-2)20-23-24-21(30-20)22-19(25)12-13-31(26,27)16-8-6-5-7-9-16/h5-11,14H,3-4,12-13H2,1-2H3,(H,22,24,25). The fourth-order valence-corrected chi connectivity index (χ4v) is 3.99. The fraction of sp³-hybridized carbons (Fsp3) is 0.286. The first-order valence-corrected chi connectivity index (χ1v) is 11.4. The van der Waals surface area contributed by atoms with Gasteiger partial charge in [-0.05, 0) is 44.2 Å². The van der Waals surface area contributed by atoms with E-state index in [9.17, 15) is 13.2 Å². The second-order valence-electron chi connectivity index (χ2n) is 6.37. The first-order valence-electron chi connectivity index (χ1n) is 9.74. The van der Waals surface area contributed by atoms with Gasteiger partial charge in [0.05, 0.1) is 23.9 Å². The third-order valence-corrected chi connectivity index (χ3v) is 5.89. The normalized spacial score (nSPS) is 11.2. The molecule has 3 aromatic rings. The second-order valence-corrected chi connectivity index (χ2v) is 8.48. The molecular formula is C21H23N3O6S. The van der Waals surface area contributed by atoms with Crippen LogP contribution in [-0.2, 0) is 14.6 Å². The van der Waals surface area contributed by atoms with Crippen LogP contribution in [0.1, 0.15) is 20.3 Å². The van der Waals surface area contributed by atoms with Crippen LogP contribution < -0.4 is 14.8 Å². The van der Waals surface area contributed by atoms with Crippen LogP contribution >= 0.6 is 0 Å². The van der Waals surface area contributed by atoms with Gasteiger partial charge in [-0.25, -0.2) is 8.42 Å². The minimum atomic E-state index is -3.56. The molecule has 1 aromatic heterocycles. The summed E-state index contributed by atoms with van der Waals surface area (Å²) in [7, 11) is -3.56. The molecule has 164 valence electrons. The van der Waals surface area contributed by atoms with Gasteiger partial charge in [0.2, 0.25) is 11.8 Å². The topological polar surface area (TPSA) is 121 Å². The van der Waals surface area contributed by atoms with Crippen LogP contribution in [0.3, 0.4) is 0 Å². The number of nitrogens with one attached hydrogen (secondary N) is 1. The van der Waals surface area contributed by atoms with Crippen molar-refractivity contribution in [3.05, 3.63) is 48.5 Å². The Bertz CT molecular complexity index is 1130. The molecule has 0 aliphatic rings. The SMILES string of the molecule is CCOc1ccc(-c2nnc(NC(=O)CCS(=O)(=O)c3ccccc3)o2)cc1OCC. The molecule has 1 heterocycles. The van der Waals surface area contributed by atoms with E-state index in [2.05, 4.69) is 15.5 Å². The predicted octanol–water partition coefficient (Wildman–Crippen LogP) is 3.34. The van der Waals surface area contributed by atoms with Crippen molar-refractivity contribution in [3.8, 4) is 23.0 Å². The lowest BCUT2D eigenvalue weighted by Gasteiger charge is -2.11. The number of ether oxygens (including phenoxy) is 2. The molecule has 3 rings (SSSR count). The summed E-state index contributed by atoms with van der Waals surface area (Å²) in [5, 5.41) is 10.2. The number of sulfone groups is 1. The number of hydrogen-bond donors (Lipinski definition) is 1. The molecule has 0 aliphatic heterocycles. The molecule has 0 unspecified atom stereocenters. The van der Waals surface area contributed by atoms with Gasteiger partial charge in [-0.15, -0.1) is 5.10 Å². The van der Waals surface area contributed by atoms with E-state index in [1.807, 2.05) is 13.8 Å². The predicted molar refractivity (Wildman–Crippen MR) is 114 cm³/mol. The zero-order valence-electron chi connectivity index (χ0n) is 17.2. The molecular weight excluding hydrogens is 422 g/mol. The van der Waals surface area contributed by atoms with Gasteiger partial charge >= 0.3 is 6.01 Å². The molecule has 10 heteroatoms. The Morgan fingerprint density at radius 1 is 1.00 bits per heavy atom.